The first-order chi connectivity index (χ1) is 13.1. The molecule has 3 aromatic rings. The van der Waals surface area contributed by atoms with Crippen LogP contribution < -0.4 is 16.2 Å². The van der Waals surface area contributed by atoms with E-state index in [0.29, 0.717) is 29.3 Å². The summed E-state index contributed by atoms with van der Waals surface area (Å²) < 4.78 is 5.71. The van der Waals surface area contributed by atoms with Gasteiger partial charge in [-0.1, -0.05) is 60.7 Å². The van der Waals surface area contributed by atoms with Gasteiger partial charge in [-0.3, -0.25) is 4.79 Å². The number of allylic oxidation sites excluding steroid dienone is 1. The standard InChI is InChI=1S/C23H22N2O2/c24-20-14-21(25)16-22(15-20)27-13-12-18-8-6-17(7-9-18)10-11-23(26)19-4-2-1-3-5-19/h1-11,14-16H,12-13,24-25H2. The zero-order chi connectivity index (χ0) is 19.1. The molecule has 0 unspecified atom stereocenters. The first-order valence-corrected chi connectivity index (χ1v) is 8.75. The van der Waals surface area contributed by atoms with Gasteiger partial charge in [0.1, 0.15) is 5.75 Å². The number of ether oxygens (including phenoxy) is 1. The quantitative estimate of drug-likeness (QED) is 0.373. The molecule has 0 atom stereocenters. The fourth-order valence-electron chi connectivity index (χ4n) is 2.68. The van der Waals surface area contributed by atoms with Crippen LogP contribution in [0, 0.1) is 0 Å². The molecular weight excluding hydrogens is 336 g/mol. The second-order valence-electron chi connectivity index (χ2n) is 6.24. The van der Waals surface area contributed by atoms with E-state index in [1.54, 1.807) is 24.3 Å². The van der Waals surface area contributed by atoms with Crippen LogP contribution in [0.3, 0.4) is 0 Å². The lowest BCUT2D eigenvalue weighted by atomic mass is 10.1. The van der Waals surface area contributed by atoms with Crippen LogP contribution in [0.1, 0.15) is 21.5 Å². The molecule has 0 aliphatic rings. The molecule has 0 aromatic heterocycles. The Morgan fingerprint density at radius 3 is 2.22 bits per heavy atom. The van der Waals surface area contributed by atoms with Gasteiger partial charge in [-0.15, -0.1) is 0 Å². The highest BCUT2D eigenvalue weighted by molar-refractivity contribution is 6.06. The fourth-order valence-corrected chi connectivity index (χ4v) is 2.68. The van der Waals surface area contributed by atoms with Crippen LogP contribution in [-0.4, -0.2) is 12.4 Å². The Balaban J connectivity index is 1.52. The molecule has 0 aliphatic heterocycles. The third kappa shape index (κ3) is 5.47. The molecule has 4 heteroatoms. The van der Waals surface area contributed by atoms with E-state index in [9.17, 15) is 4.79 Å². The summed E-state index contributed by atoms with van der Waals surface area (Å²) in [6.45, 7) is 0.532. The average Bonchev–Trinajstić information content (AvgIpc) is 2.67. The molecule has 4 nitrogen and oxygen atoms in total. The number of carbonyl (C=O) groups is 1. The normalized spacial score (nSPS) is 10.8. The summed E-state index contributed by atoms with van der Waals surface area (Å²) in [6, 6.07) is 22.5. The van der Waals surface area contributed by atoms with Crippen molar-refractivity contribution in [1.82, 2.24) is 0 Å². The van der Waals surface area contributed by atoms with Crippen LogP contribution in [0.25, 0.3) is 6.08 Å². The van der Waals surface area contributed by atoms with Gasteiger partial charge in [-0.05, 0) is 23.3 Å². The lowest BCUT2D eigenvalue weighted by molar-refractivity contribution is 0.104. The largest absolute Gasteiger partial charge is 0.493 e. The van der Waals surface area contributed by atoms with Gasteiger partial charge in [-0.2, -0.15) is 0 Å². The number of benzene rings is 3. The Hall–Kier alpha value is -3.53. The maximum Gasteiger partial charge on any atom is 0.185 e. The average molecular weight is 358 g/mol. The number of nitrogens with two attached hydrogens (primary N) is 2. The Morgan fingerprint density at radius 1 is 0.889 bits per heavy atom. The van der Waals surface area contributed by atoms with E-state index in [-0.39, 0.29) is 5.78 Å². The van der Waals surface area contributed by atoms with Gasteiger partial charge in [0.05, 0.1) is 6.61 Å². The molecule has 0 fully saturated rings. The van der Waals surface area contributed by atoms with Crippen molar-refractivity contribution < 1.29 is 9.53 Å². The SMILES string of the molecule is Nc1cc(N)cc(OCCc2ccc(C=CC(=O)c3ccccc3)cc2)c1. The van der Waals surface area contributed by atoms with Crippen molar-refractivity contribution in [3.63, 3.8) is 0 Å². The number of ketones is 1. The molecule has 3 rings (SSSR count). The number of hydrogen-bond acceptors (Lipinski definition) is 4. The van der Waals surface area contributed by atoms with Crippen molar-refractivity contribution >= 4 is 23.2 Å². The van der Waals surface area contributed by atoms with E-state index >= 15 is 0 Å². The zero-order valence-electron chi connectivity index (χ0n) is 15.0. The molecule has 0 aliphatic carbocycles. The first kappa shape index (κ1) is 18.3. The highest BCUT2D eigenvalue weighted by atomic mass is 16.5. The van der Waals surface area contributed by atoms with E-state index < -0.39 is 0 Å². The number of anilines is 2. The third-order valence-electron chi connectivity index (χ3n) is 4.08. The topological polar surface area (TPSA) is 78.3 Å². The lowest BCUT2D eigenvalue weighted by Crippen LogP contribution is -2.02. The van der Waals surface area contributed by atoms with Gasteiger partial charge >= 0.3 is 0 Å². The molecule has 0 saturated carbocycles. The smallest absolute Gasteiger partial charge is 0.185 e. The molecule has 27 heavy (non-hydrogen) atoms. The Bertz CT molecular complexity index is 912. The van der Waals surface area contributed by atoms with Crippen molar-refractivity contribution in [2.24, 2.45) is 0 Å². The van der Waals surface area contributed by atoms with E-state index in [2.05, 4.69) is 0 Å². The Kier molecular flexibility index (Phi) is 5.90. The van der Waals surface area contributed by atoms with Gasteiger partial charge < -0.3 is 16.2 Å². The van der Waals surface area contributed by atoms with E-state index in [0.717, 1.165) is 17.5 Å². The molecule has 0 spiro atoms. The van der Waals surface area contributed by atoms with E-state index in [1.807, 2.05) is 60.7 Å². The zero-order valence-corrected chi connectivity index (χ0v) is 15.0. The van der Waals surface area contributed by atoms with Gasteiger partial charge in [-0.25, -0.2) is 0 Å². The summed E-state index contributed by atoms with van der Waals surface area (Å²) in [4.78, 5) is 12.1. The monoisotopic (exact) mass is 358 g/mol. The second kappa shape index (κ2) is 8.72. The second-order valence-corrected chi connectivity index (χ2v) is 6.24. The highest BCUT2D eigenvalue weighted by Crippen LogP contribution is 2.20. The predicted molar refractivity (Wildman–Crippen MR) is 111 cm³/mol. The summed E-state index contributed by atoms with van der Waals surface area (Å²) in [5.41, 5.74) is 15.5. The molecule has 0 radical (unpaired) electrons. The minimum Gasteiger partial charge on any atom is -0.493 e. The maximum absolute atomic E-state index is 12.1. The van der Waals surface area contributed by atoms with Crippen molar-refractivity contribution in [3.8, 4) is 5.75 Å². The number of hydrogen-bond donors (Lipinski definition) is 2. The van der Waals surface area contributed by atoms with Crippen LogP contribution >= 0.6 is 0 Å². The predicted octanol–water partition coefficient (Wildman–Crippen LogP) is 4.37. The lowest BCUT2D eigenvalue weighted by Gasteiger charge is -2.08. The number of nitrogen functional groups attached to an aromatic ring is 2. The van der Waals surface area contributed by atoms with E-state index in [4.69, 9.17) is 16.2 Å². The minimum absolute atomic E-state index is 0.00511. The first-order valence-electron chi connectivity index (χ1n) is 8.75. The maximum atomic E-state index is 12.1. The van der Waals surface area contributed by atoms with Crippen LogP contribution in [0.2, 0.25) is 0 Å². The van der Waals surface area contributed by atoms with Crippen molar-refractivity contribution in [1.29, 1.82) is 0 Å². The van der Waals surface area contributed by atoms with E-state index in [1.165, 1.54) is 0 Å². The summed E-state index contributed by atoms with van der Waals surface area (Å²) in [5.74, 6) is 0.668. The molecule has 0 heterocycles. The summed E-state index contributed by atoms with van der Waals surface area (Å²) in [6.07, 6.45) is 4.18. The number of carbonyl (C=O) groups excluding carboxylic acids is 1. The minimum atomic E-state index is -0.00511. The molecule has 0 bridgehead atoms. The molecule has 0 amide bonds. The Labute approximate surface area is 159 Å². The molecule has 3 aromatic carbocycles. The fraction of sp³-hybridized carbons (Fsp3) is 0.0870. The highest BCUT2D eigenvalue weighted by Gasteiger charge is 2.01. The van der Waals surface area contributed by atoms with Crippen LogP contribution in [0.5, 0.6) is 5.75 Å². The molecule has 136 valence electrons. The molecule has 4 N–H and O–H groups in total. The van der Waals surface area contributed by atoms with Gasteiger partial charge in [0.2, 0.25) is 0 Å². The van der Waals surface area contributed by atoms with Crippen molar-refractivity contribution in [2.75, 3.05) is 18.1 Å². The van der Waals surface area contributed by atoms with Crippen LogP contribution in [0.4, 0.5) is 11.4 Å². The van der Waals surface area contributed by atoms with Crippen LogP contribution in [-0.2, 0) is 6.42 Å². The van der Waals surface area contributed by atoms with Crippen molar-refractivity contribution in [2.45, 2.75) is 6.42 Å². The Morgan fingerprint density at radius 2 is 1.56 bits per heavy atom. The third-order valence-corrected chi connectivity index (χ3v) is 4.08. The number of rotatable bonds is 7. The van der Waals surface area contributed by atoms with Crippen LogP contribution in [0.15, 0.2) is 78.9 Å². The summed E-state index contributed by atoms with van der Waals surface area (Å²) in [5, 5.41) is 0. The van der Waals surface area contributed by atoms with Gasteiger partial charge in [0.25, 0.3) is 0 Å². The molecular formula is C23H22N2O2. The van der Waals surface area contributed by atoms with Gasteiger partial charge in [0, 0.05) is 35.5 Å². The summed E-state index contributed by atoms with van der Waals surface area (Å²) >= 11 is 0. The summed E-state index contributed by atoms with van der Waals surface area (Å²) in [7, 11) is 0. The van der Waals surface area contributed by atoms with Crippen molar-refractivity contribution in [3.05, 3.63) is 95.6 Å². The van der Waals surface area contributed by atoms with Gasteiger partial charge in [0.15, 0.2) is 5.78 Å². The molecule has 0 saturated heterocycles.